The second-order valence-corrected chi connectivity index (χ2v) is 6.62. The fraction of sp³-hybridized carbons (Fsp3) is 0.562. The Balaban J connectivity index is 1.99. The van der Waals surface area contributed by atoms with Crippen LogP contribution in [0.3, 0.4) is 0 Å². The van der Waals surface area contributed by atoms with Crippen molar-refractivity contribution in [3.63, 3.8) is 0 Å². The van der Waals surface area contributed by atoms with Gasteiger partial charge < -0.3 is 5.32 Å². The summed E-state index contributed by atoms with van der Waals surface area (Å²) in [5, 5.41) is 2.90. The molecule has 0 aliphatic heterocycles. The van der Waals surface area contributed by atoms with Gasteiger partial charge in [0.15, 0.2) is 5.78 Å². The number of carbonyl (C=O) groups excluding carboxylic acids is 2. The summed E-state index contributed by atoms with van der Waals surface area (Å²) in [6, 6.07) is 5.32. The molecule has 1 aliphatic rings. The molecule has 1 fully saturated rings. The lowest BCUT2D eigenvalue weighted by atomic mass is 9.84. The van der Waals surface area contributed by atoms with E-state index in [0.29, 0.717) is 0 Å². The van der Waals surface area contributed by atoms with E-state index in [0.717, 1.165) is 12.1 Å². The third kappa shape index (κ3) is 3.24. The van der Waals surface area contributed by atoms with Crippen LogP contribution < -0.4 is 5.32 Å². The molecule has 4 nitrogen and oxygen atoms in total. The molecule has 0 unspecified atom stereocenters. The number of nitrogens with one attached hydrogen (secondary N) is 1. The molecule has 1 N–H and O–H groups in total. The number of ketones is 1. The lowest BCUT2D eigenvalue weighted by Crippen LogP contribution is -2.48. The van der Waals surface area contributed by atoms with Crippen LogP contribution in [-0.2, 0) is 9.59 Å². The van der Waals surface area contributed by atoms with Gasteiger partial charge in [-0.15, -0.1) is 0 Å². The van der Waals surface area contributed by atoms with Gasteiger partial charge in [-0.3, -0.25) is 14.6 Å². The van der Waals surface area contributed by atoms with Gasteiger partial charge in [-0.2, -0.15) is 0 Å². The van der Waals surface area contributed by atoms with Crippen molar-refractivity contribution in [3.8, 4) is 0 Å². The Hall–Kier alpha value is -1.71. The molecule has 0 radical (unpaired) electrons. The molecule has 1 aromatic heterocycles. The Kier molecular flexibility index (Phi) is 3.93. The number of Topliss-reactive ketones (excluding diaryl/α,β-unsaturated/α-hetero) is 1. The van der Waals surface area contributed by atoms with E-state index < -0.39 is 6.04 Å². The van der Waals surface area contributed by atoms with Crippen LogP contribution in [0.1, 0.15) is 45.7 Å². The first kappa shape index (κ1) is 14.7. The highest BCUT2D eigenvalue weighted by atomic mass is 16.2. The summed E-state index contributed by atoms with van der Waals surface area (Å²) in [5.74, 6) is 0.120. The molecule has 4 heteroatoms. The Morgan fingerprint density at radius 3 is 2.55 bits per heavy atom. The molecule has 1 aromatic rings. The van der Waals surface area contributed by atoms with Crippen molar-refractivity contribution in [2.24, 2.45) is 11.3 Å². The number of carbonyl (C=O) groups is 2. The van der Waals surface area contributed by atoms with Crippen LogP contribution in [0.2, 0.25) is 0 Å². The molecule has 1 amide bonds. The zero-order valence-electron chi connectivity index (χ0n) is 12.5. The molecular formula is C16H22N2O2. The largest absolute Gasteiger partial charge is 0.346 e. The summed E-state index contributed by atoms with van der Waals surface area (Å²) in [4.78, 5) is 28.2. The number of rotatable bonds is 4. The molecule has 0 saturated heterocycles. The lowest BCUT2D eigenvalue weighted by Gasteiger charge is -2.29. The summed E-state index contributed by atoms with van der Waals surface area (Å²) >= 11 is 0. The molecule has 0 spiro atoms. The number of pyridine rings is 1. The molecule has 0 bridgehead atoms. The molecule has 1 saturated carbocycles. The highest BCUT2D eigenvalue weighted by molar-refractivity contribution is 5.90. The second-order valence-electron chi connectivity index (χ2n) is 6.62. The molecule has 0 aromatic carbocycles. The normalized spacial score (nSPS) is 23.0. The minimum atomic E-state index is -0.431. The van der Waals surface area contributed by atoms with Gasteiger partial charge in [0.1, 0.15) is 0 Å². The van der Waals surface area contributed by atoms with Crippen molar-refractivity contribution in [2.45, 2.75) is 46.1 Å². The number of aromatic nitrogens is 1. The van der Waals surface area contributed by atoms with Crippen molar-refractivity contribution in [1.29, 1.82) is 0 Å². The van der Waals surface area contributed by atoms with Gasteiger partial charge in [-0.1, -0.05) is 26.8 Å². The smallest absolute Gasteiger partial charge is 0.224 e. The topological polar surface area (TPSA) is 59.1 Å². The molecule has 1 heterocycles. The van der Waals surface area contributed by atoms with Crippen LogP contribution in [-0.4, -0.2) is 22.7 Å². The van der Waals surface area contributed by atoms with Crippen LogP contribution in [0, 0.1) is 11.3 Å². The van der Waals surface area contributed by atoms with Gasteiger partial charge >= 0.3 is 0 Å². The van der Waals surface area contributed by atoms with Gasteiger partial charge in [-0.05, 0) is 30.9 Å². The second kappa shape index (κ2) is 5.35. The standard InChI is InChI=1S/C16H22N2O2/c1-10(19)14(16(2,3)4)18-15(20)12-9-11(12)13-7-5-6-8-17-13/h5-8,11-12,14H,9H2,1-4H3,(H,18,20)/t11-,12+,14+/m0/s1. The summed E-state index contributed by atoms with van der Waals surface area (Å²) in [6.45, 7) is 7.41. The SMILES string of the molecule is CC(=O)[C@@H](NC(=O)[C@@H]1C[C@@H]1c1ccccn1)C(C)(C)C. The average Bonchev–Trinajstić information content (AvgIpc) is 3.15. The summed E-state index contributed by atoms with van der Waals surface area (Å²) in [5.41, 5.74) is 0.694. The van der Waals surface area contributed by atoms with Gasteiger partial charge in [0.25, 0.3) is 0 Å². The van der Waals surface area contributed by atoms with Crippen molar-refractivity contribution in [3.05, 3.63) is 30.1 Å². The highest BCUT2D eigenvalue weighted by Crippen LogP contribution is 2.46. The summed E-state index contributed by atoms with van der Waals surface area (Å²) in [7, 11) is 0. The molecule has 108 valence electrons. The van der Waals surface area contributed by atoms with Crippen molar-refractivity contribution < 1.29 is 9.59 Å². The number of hydrogen-bond donors (Lipinski definition) is 1. The Morgan fingerprint density at radius 1 is 1.35 bits per heavy atom. The van der Waals surface area contributed by atoms with E-state index in [9.17, 15) is 9.59 Å². The van der Waals surface area contributed by atoms with Gasteiger partial charge in [0.2, 0.25) is 5.91 Å². The van der Waals surface area contributed by atoms with E-state index in [-0.39, 0.29) is 28.9 Å². The first-order chi connectivity index (χ1) is 9.30. The number of hydrogen-bond acceptors (Lipinski definition) is 3. The van der Waals surface area contributed by atoms with Crippen molar-refractivity contribution >= 4 is 11.7 Å². The van der Waals surface area contributed by atoms with Crippen molar-refractivity contribution in [2.75, 3.05) is 0 Å². The lowest BCUT2D eigenvalue weighted by molar-refractivity contribution is -0.130. The minimum absolute atomic E-state index is 0.000820. The summed E-state index contributed by atoms with van der Waals surface area (Å²) < 4.78 is 0. The van der Waals surface area contributed by atoms with Crippen LogP contribution in [0.5, 0.6) is 0 Å². The zero-order valence-corrected chi connectivity index (χ0v) is 12.5. The first-order valence-corrected chi connectivity index (χ1v) is 7.02. The van der Waals surface area contributed by atoms with E-state index >= 15 is 0 Å². The molecule has 20 heavy (non-hydrogen) atoms. The predicted octanol–water partition coefficient (Wildman–Crippen LogP) is 2.31. The fourth-order valence-electron chi connectivity index (χ4n) is 2.58. The monoisotopic (exact) mass is 274 g/mol. The zero-order chi connectivity index (χ0) is 14.9. The van der Waals surface area contributed by atoms with Gasteiger partial charge in [-0.25, -0.2) is 0 Å². The molecule has 2 rings (SSSR count). The third-order valence-electron chi connectivity index (χ3n) is 3.75. The highest BCUT2D eigenvalue weighted by Gasteiger charge is 2.46. The maximum absolute atomic E-state index is 12.3. The Bertz CT molecular complexity index is 505. The molecule has 1 aliphatic carbocycles. The van der Waals surface area contributed by atoms with Crippen LogP contribution in [0.4, 0.5) is 0 Å². The van der Waals surface area contributed by atoms with E-state index in [1.807, 2.05) is 39.0 Å². The minimum Gasteiger partial charge on any atom is -0.346 e. The van der Waals surface area contributed by atoms with Crippen LogP contribution >= 0.6 is 0 Å². The maximum Gasteiger partial charge on any atom is 0.224 e. The third-order valence-corrected chi connectivity index (χ3v) is 3.75. The van der Waals surface area contributed by atoms with E-state index in [4.69, 9.17) is 0 Å². The fourth-order valence-corrected chi connectivity index (χ4v) is 2.58. The Labute approximate surface area is 120 Å². The van der Waals surface area contributed by atoms with E-state index in [2.05, 4.69) is 10.3 Å². The van der Waals surface area contributed by atoms with E-state index in [1.165, 1.54) is 6.92 Å². The van der Waals surface area contributed by atoms with Crippen LogP contribution in [0.25, 0.3) is 0 Å². The molecule has 3 atom stereocenters. The van der Waals surface area contributed by atoms with Crippen LogP contribution in [0.15, 0.2) is 24.4 Å². The number of amides is 1. The summed E-state index contributed by atoms with van der Waals surface area (Å²) in [6.07, 6.45) is 2.56. The first-order valence-electron chi connectivity index (χ1n) is 7.02. The molecular weight excluding hydrogens is 252 g/mol. The van der Waals surface area contributed by atoms with E-state index in [1.54, 1.807) is 6.20 Å². The predicted molar refractivity (Wildman–Crippen MR) is 77.2 cm³/mol. The number of nitrogens with zero attached hydrogens (tertiary/aromatic N) is 1. The van der Waals surface area contributed by atoms with Gasteiger partial charge in [0, 0.05) is 23.7 Å². The average molecular weight is 274 g/mol. The van der Waals surface area contributed by atoms with Crippen molar-refractivity contribution in [1.82, 2.24) is 10.3 Å². The maximum atomic E-state index is 12.3. The van der Waals surface area contributed by atoms with Gasteiger partial charge in [0.05, 0.1) is 6.04 Å². The Morgan fingerprint density at radius 2 is 2.05 bits per heavy atom. The quantitative estimate of drug-likeness (QED) is 0.916.